The van der Waals surface area contributed by atoms with E-state index in [-0.39, 0.29) is 22.8 Å². The molecule has 3 N–H and O–H groups in total. The van der Waals surface area contributed by atoms with Crippen LogP contribution < -0.4 is 11.1 Å². The van der Waals surface area contributed by atoms with Crippen LogP contribution in [-0.2, 0) is 0 Å². The maximum Gasteiger partial charge on any atom is 0.292 e. The number of nitrogen functional groups attached to an aromatic ring is 1. The number of carbonyl (C=O) groups is 1. The molecule has 0 fully saturated rings. The van der Waals surface area contributed by atoms with Crippen molar-refractivity contribution in [3.63, 3.8) is 0 Å². The van der Waals surface area contributed by atoms with Crippen molar-refractivity contribution in [2.75, 3.05) is 11.1 Å². The topological polar surface area (TPSA) is 124 Å². The van der Waals surface area contributed by atoms with Gasteiger partial charge in [-0.1, -0.05) is 11.2 Å². The number of hydrogen-bond acceptors (Lipinski definition) is 6. The van der Waals surface area contributed by atoms with Crippen LogP contribution in [0.15, 0.2) is 22.7 Å². The first kappa shape index (κ1) is 13.5. The van der Waals surface area contributed by atoms with Crippen LogP contribution in [0.4, 0.5) is 17.3 Å². The average molecular weight is 276 g/mol. The van der Waals surface area contributed by atoms with Crippen LogP contribution in [0.25, 0.3) is 0 Å². The van der Waals surface area contributed by atoms with E-state index in [0.717, 1.165) is 0 Å². The minimum Gasteiger partial charge on any atom is -0.393 e. The number of carbonyl (C=O) groups excluding carboxylic acids is 1. The van der Waals surface area contributed by atoms with Gasteiger partial charge in [-0.25, -0.2) is 0 Å². The van der Waals surface area contributed by atoms with Crippen LogP contribution in [0.2, 0.25) is 0 Å². The number of nitrogens with two attached hydrogens (primary N) is 1. The van der Waals surface area contributed by atoms with Crippen LogP contribution in [0, 0.1) is 24.0 Å². The molecule has 0 radical (unpaired) electrons. The Morgan fingerprint density at radius 3 is 2.70 bits per heavy atom. The molecule has 0 atom stereocenters. The Morgan fingerprint density at radius 2 is 2.15 bits per heavy atom. The summed E-state index contributed by atoms with van der Waals surface area (Å²) in [5.41, 5.74) is 6.46. The van der Waals surface area contributed by atoms with E-state index in [9.17, 15) is 14.9 Å². The standard InChI is InChI=1S/C12H12N4O4/c1-6-7(2)15-20-12(6)14-11(17)8-4-3-5-9(10(8)13)16(18)19/h3-5H,13H2,1-2H3,(H,14,17). The van der Waals surface area contributed by atoms with E-state index < -0.39 is 10.8 Å². The lowest BCUT2D eigenvalue weighted by molar-refractivity contribution is -0.383. The Balaban J connectivity index is 2.33. The first-order chi connectivity index (χ1) is 9.41. The second-order valence-electron chi connectivity index (χ2n) is 4.17. The summed E-state index contributed by atoms with van der Waals surface area (Å²) in [6, 6.07) is 4.02. The van der Waals surface area contributed by atoms with Crippen LogP contribution in [0.1, 0.15) is 21.6 Å². The largest absolute Gasteiger partial charge is 0.393 e. The lowest BCUT2D eigenvalue weighted by Crippen LogP contribution is -2.15. The summed E-state index contributed by atoms with van der Waals surface area (Å²) in [5.74, 6) is -0.399. The molecule has 8 heteroatoms. The molecule has 0 aliphatic rings. The van der Waals surface area contributed by atoms with Gasteiger partial charge in [-0.3, -0.25) is 20.2 Å². The first-order valence-electron chi connectivity index (χ1n) is 5.69. The van der Waals surface area contributed by atoms with Crippen molar-refractivity contribution in [2.45, 2.75) is 13.8 Å². The molecule has 1 aromatic heterocycles. The normalized spacial score (nSPS) is 10.3. The number of nitro groups is 1. The van der Waals surface area contributed by atoms with Gasteiger partial charge < -0.3 is 10.3 Å². The number of benzene rings is 1. The highest BCUT2D eigenvalue weighted by atomic mass is 16.6. The molecule has 0 aliphatic carbocycles. The summed E-state index contributed by atoms with van der Waals surface area (Å²) in [6.45, 7) is 3.47. The maximum absolute atomic E-state index is 12.1. The number of nitrogens with zero attached hydrogens (tertiary/aromatic N) is 2. The van der Waals surface area contributed by atoms with E-state index >= 15 is 0 Å². The fourth-order valence-corrected chi connectivity index (χ4v) is 1.61. The molecule has 0 saturated heterocycles. The van der Waals surface area contributed by atoms with Crippen molar-refractivity contribution in [2.24, 2.45) is 0 Å². The number of rotatable bonds is 3. The van der Waals surface area contributed by atoms with E-state index in [0.29, 0.717) is 11.3 Å². The van der Waals surface area contributed by atoms with Gasteiger partial charge in [0.25, 0.3) is 11.6 Å². The van der Waals surface area contributed by atoms with Crippen LogP contribution in [0.5, 0.6) is 0 Å². The van der Waals surface area contributed by atoms with E-state index in [2.05, 4.69) is 10.5 Å². The van der Waals surface area contributed by atoms with E-state index in [1.807, 2.05) is 0 Å². The highest BCUT2D eigenvalue weighted by molar-refractivity contribution is 6.08. The number of hydrogen-bond donors (Lipinski definition) is 2. The zero-order valence-electron chi connectivity index (χ0n) is 10.8. The van der Waals surface area contributed by atoms with Crippen molar-refractivity contribution < 1.29 is 14.2 Å². The molecule has 104 valence electrons. The third kappa shape index (κ3) is 2.30. The van der Waals surface area contributed by atoms with Gasteiger partial charge in [0.05, 0.1) is 16.2 Å². The van der Waals surface area contributed by atoms with Crippen molar-refractivity contribution in [1.82, 2.24) is 5.16 Å². The SMILES string of the molecule is Cc1noc(NC(=O)c2cccc([N+](=O)[O-])c2N)c1C. The number of nitro benzene ring substituents is 1. The monoisotopic (exact) mass is 276 g/mol. The van der Waals surface area contributed by atoms with Crippen molar-refractivity contribution in [3.05, 3.63) is 45.1 Å². The fourth-order valence-electron chi connectivity index (χ4n) is 1.61. The number of nitrogens with one attached hydrogen (secondary N) is 1. The summed E-state index contributed by atoms with van der Waals surface area (Å²) in [7, 11) is 0. The Labute approximate surface area is 113 Å². The average Bonchev–Trinajstić information content (AvgIpc) is 2.70. The van der Waals surface area contributed by atoms with E-state index in [1.54, 1.807) is 13.8 Å². The Morgan fingerprint density at radius 1 is 1.45 bits per heavy atom. The molecule has 0 spiro atoms. The number of aromatic nitrogens is 1. The highest BCUT2D eigenvalue weighted by Gasteiger charge is 2.20. The lowest BCUT2D eigenvalue weighted by atomic mass is 10.1. The van der Waals surface area contributed by atoms with Crippen LogP contribution >= 0.6 is 0 Å². The number of anilines is 2. The van der Waals surface area contributed by atoms with Gasteiger partial charge in [-0.2, -0.15) is 0 Å². The Kier molecular flexibility index (Phi) is 3.38. The summed E-state index contributed by atoms with van der Waals surface area (Å²) < 4.78 is 4.95. The first-order valence-corrected chi connectivity index (χ1v) is 5.69. The second kappa shape index (κ2) is 5.00. The van der Waals surface area contributed by atoms with E-state index in [4.69, 9.17) is 10.3 Å². The lowest BCUT2D eigenvalue weighted by Gasteiger charge is -2.05. The minimum absolute atomic E-state index is 0.00709. The van der Waals surface area contributed by atoms with Gasteiger partial charge in [0.2, 0.25) is 5.88 Å². The van der Waals surface area contributed by atoms with E-state index in [1.165, 1.54) is 18.2 Å². The quantitative estimate of drug-likeness (QED) is 0.502. The van der Waals surface area contributed by atoms with Gasteiger partial charge in [-0.15, -0.1) is 0 Å². The van der Waals surface area contributed by atoms with Gasteiger partial charge in [0, 0.05) is 11.6 Å². The van der Waals surface area contributed by atoms with Crippen molar-refractivity contribution in [1.29, 1.82) is 0 Å². The predicted molar refractivity (Wildman–Crippen MR) is 71.4 cm³/mol. The molecule has 0 unspecified atom stereocenters. The Hall–Kier alpha value is -2.90. The molecule has 1 aromatic carbocycles. The number of amides is 1. The minimum atomic E-state index is -0.643. The van der Waals surface area contributed by atoms with Crippen molar-refractivity contribution >= 4 is 23.2 Å². The molecule has 0 aliphatic heterocycles. The smallest absolute Gasteiger partial charge is 0.292 e. The number of para-hydroxylation sites is 1. The second-order valence-corrected chi connectivity index (χ2v) is 4.17. The van der Waals surface area contributed by atoms with Gasteiger partial charge in [-0.05, 0) is 19.9 Å². The van der Waals surface area contributed by atoms with Gasteiger partial charge >= 0.3 is 0 Å². The maximum atomic E-state index is 12.1. The molecular formula is C12H12N4O4. The van der Waals surface area contributed by atoms with Gasteiger partial charge in [0.1, 0.15) is 5.69 Å². The summed E-state index contributed by atoms with van der Waals surface area (Å²) in [5, 5.41) is 17.0. The third-order valence-corrected chi connectivity index (χ3v) is 2.91. The summed E-state index contributed by atoms with van der Waals surface area (Å²) >= 11 is 0. The summed E-state index contributed by atoms with van der Waals surface area (Å²) in [6.07, 6.45) is 0. The molecule has 1 heterocycles. The zero-order valence-corrected chi connectivity index (χ0v) is 10.8. The summed E-state index contributed by atoms with van der Waals surface area (Å²) in [4.78, 5) is 22.2. The van der Waals surface area contributed by atoms with Gasteiger partial charge in [0.15, 0.2) is 0 Å². The Bertz CT molecular complexity index is 693. The predicted octanol–water partition coefficient (Wildman–Crippen LogP) is 2.03. The van der Waals surface area contributed by atoms with Crippen LogP contribution in [-0.4, -0.2) is 16.0 Å². The molecular weight excluding hydrogens is 264 g/mol. The molecule has 8 nitrogen and oxygen atoms in total. The molecule has 2 rings (SSSR count). The molecule has 1 amide bonds. The van der Waals surface area contributed by atoms with Crippen molar-refractivity contribution in [3.8, 4) is 0 Å². The van der Waals surface area contributed by atoms with Crippen LogP contribution in [0.3, 0.4) is 0 Å². The molecule has 20 heavy (non-hydrogen) atoms. The fraction of sp³-hybridized carbons (Fsp3) is 0.167. The highest BCUT2D eigenvalue weighted by Crippen LogP contribution is 2.26. The molecule has 2 aromatic rings. The third-order valence-electron chi connectivity index (χ3n) is 2.91. The zero-order chi connectivity index (χ0) is 14.9. The molecule has 0 saturated carbocycles. The number of aryl methyl sites for hydroxylation is 1. The molecule has 0 bridgehead atoms.